The third kappa shape index (κ3) is 41.1. The molecule has 1 aliphatic rings. The van der Waals surface area contributed by atoms with Crippen LogP contribution in [0.25, 0.3) is 0 Å². The van der Waals surface area contributed by atoms with Crippen molar-refractivity contribution < 1.29 is 49.3 Å². The maximum Gasteiger partial charge on any atom is 0.306 e. The standard InChI is InChI=1S/C67H111NO10/c1-4-7-10-13-16-19-22-25-26-27-28-29-30-31-32-33-34-35-36-37-40-43-46-49-52-55-62(72)78-65-64(74)63(73)61(56-69)77-67(65)76-57-58(59(70)53-50-47-44-41-38-23-20-17-14-11-8-5-2)68-66(75)60(71)54-51-48-45-42-39-24-21-18-15-12-9-6-3/h9,12,15-16,18-19,21,24-26,28-29,31-32,39,42,45,48,50,53,58-61,63-65,67,69-71,73-74H,4-8,10-11,13-14,17,20,22-23,27,30,33-38,40-41,43-44,46-47,49,51-52,54-57H2,1-3H3,(H,68,75)/b12-9+,18-15+,19-16-,24-21-,26-25-,29-28-,32-31-,42-39-,48-45+,53-50+. The van der Waals surface area contributed by atoms with Crippen molar-refractivity contribution in [3.63, 3.8) is 0 Å². The second-order valence-corrected chi connectivity index (χ2v) is 20.8. The summed E-state index contributed by atoms with van der Waals surface area (Å²) in [5.41, 5.74) is 0. The minimum atomic E-state index is -1.64. The van der Waals surface area contributed by atoms with Crippen LogP contribution in [0.15, 0.2) is 122 Å². The molecular formula is C67H111NO10. The predicted molar refractivity (Wildman–Crippen MR) is 324 cm³/mol. The van der Waals surface area contributed by atoms with Crippen LogP contribution in [0.5, 0.6) is 0 Å². The molecule has 1 rings (SSSR count). The highest BCUT2D eigenvalue weighted by molar-refractivity contribution is 5.80. The van der Waals surface area contributed by atoms with E-state index in [1.807, 2.05) is 60.8 Å². The van der Waals surface area contributed by atoms with Gasteiger partial charge in [-0.05, 0) is 83.5 Å². The quantitative estimate of drug-likeness (QED) is 0.0149. The lowest BCUT2D eigenvalue weighted by molar-refractivity contribution is -0.305. The van der Waals surface area contributed by atoms with Gasteiger partial charge in [-0.1, -0.05) is 258 Å². The fourth-order valence-corrected chi connectivity index (χ4v) is 8.84. The van der Waals surface area contributed by atoms with Crippen LogP contribution in [0.3, 0.4) is 0 Å². The number of hydrogen-bond donors (Lipinski definition) is 6. The summed E-state index contributed by atoms with van der Waals surface area (Å²) in [6.45, 7) is 5.54. The van der Waals surface area contributed by atoms with Gasteiger partial charge >= 0.3 is 5.97 Å². The van der Waals surface area contributed by atoms with Gasteiger partial charge in [0.25, 0.3) is 0 Å². The Bertz CT molecular complexity index is 1730. The number of ether oxygens (including phenoxy) is 3. The van der Waals surface area contributed by atoms with Crippen LogP contribution < -0.4 is 5.32 Å². The zero-order valence-corrected chi connectivity index (χ0v) is 49.0. The highest BCUT2D eigenvalue weighted by Crippen LogP contribution is 2.26. The van der Waals surface area contributed by atoms with Gasteiger partial charge in [0.1, 0.15) is 24.4 Å². The number of allylic oxidation sites excluding steroid dienone is 19. The van der Waals surface area contributed by atoms with E-state index in [9.17, 15) is 35.1 Å². The van der Waals surface area contributed by atoms with Crippen LogP contribution in [0.4, 0.5) is 0 Å². The Morgan fingerprint density at radius 2 is 0.974 bits per heavy atom. The number of unbranched alkanes of at least 4 members (excludes halogenated alkanes) is 22. The van der Waals surface area contributed by atoms with Crippen molar-refractivity contribution in [2.45, 2.75) is 275 Å². The van der Waals surface area contributed by atoms with E-state index in [4.69, 9.17) is 14.2 Å². The first-order valence-electron chi connectivity index (χ1n) is 30.9. The fraction of sp³-hybridized carbons (Fsp3) is 0.672. The van der Waals surface area contributed by atoms with Gasteiger partial charge in [0.05, 0.1) is 25.4 Å². The smallest absolute Gasteiger partial charge is 0.306 e. The lowest BCUT2D eigenvalue weighted by Crippen LogP contribution is -2.61. The molecule has 1 fully saturated rings. The number of rotatable bonds is 50. The summed E-state index contributed by atoms with van der Waals surface area (Å²) in [6.07, 6.45) is 64.0. The second-order valence-electron chi connectivity index (χ2n) is 20.8. The molecular weight excluding hydrogens is 979 g/mol. The Morgan fingerprint density at radius 3 is 1.50 bits per heavy atom. The monoisotopic (exact) mass is 1090 g/mol. The summed E-state index contributed by atoms with van der Waals surface area (Å²) in [4.78, 5) is 26.5. The van der Waals surface area contributed by atoms with E-state index in [2.05, 4.69) is 80.8 Å². The van der Waals surface area contributed by atoms with Gasteiger partial charge in [-0.15, -0.1) is 0 Å². The Kier molecular flexibility index (Phi) is 49.6. The Balaban J connectivity index is 2.65. The van der Waals surface area contributed by atoms with Crippen LogP contribution >= 0.6 is 0 Å². The number of carbonyl (C=O) groups is 2. The predicted octanol–water partition coefficient (Wildman–Crippen LogP) is 14.7. The average Bonchev–Trinajstić information content (AvgIpc) is 3.45. The number of aliphatic hydroxyl groups excluding tert-OH is 5. The van der Waals surface area contributed by atoms with Crippen LogP contribution in [0.2, 0.25) is 0 Å². The molecule has 1 saturated heterocycles. The van der Waals surface area contributed by atoms with Crippen molar-refractivity contribution in [1.29, 1.82) is 0 Å². The molecule has 0 spiro atoms. The molecule has 78 heavy (non-hydrogen) atoms. The molecule has 0 aromatic rings. The number of aliphatic hydroxyl groups is 5. The summed E-state index contributed by atoms with van der Waals surface area (Å²) < 4.78 is 17.6. The SMILES string of the molecule is CC/C=C/C=C/C=C\C=C/C=C/CCC(O)C(=O)NC(COC1OC(CO)C(O)C(O)C1OC(=O)CCCCCCCCCCC/C=C\C/C=C\C/C=C\C/C=C\CCCCC)C(O)/C=C/CCCCCCCCCCCC. The molecule has 0 bridgehead atoms. The molecule has 1 heterocycles. The van der Waals surface area contributed by atoms with Gasteiger partial charge < -0.3 is 45.1 Å². The summed E-state index contributed by atoms with van der Waals surface area (Å²) >= 11 is 0. The molecule has 6 N–H and O–H groups in total. The van der Waals surface area contributed by atoms with Gasteiger partial charge in [-0.25, -0.2) is 0 Å². The van der Waals surface area contributed by atoms with E-state index in [1.54, 1.807) is 6.08 Å². The van der Waals surface area contributed by atoms with Gasteiger partial charge in [0.2, 0.25) is 5.91 Å². The molecule has 444 valence electrons. The first-order chi connectivity index (χ1) is 38.2. The average molecular weight is 1090 g/mol. The largest absolute Gasteiger partial charge is 0.454 e. The molecule has 0 saturated carbocycles. The first-order valence-corrected chi connectivity index (χ1v) is 30.9. The number of carbonyl (C=O) groups excluding carboxylic acids is 2. The Morgan fingerprint density at radius 1 is 0.526 bits per heavy atom. The minimum absolute atomic E-state index is 0.101. The second kappa shape index (κ2) is 53.7. The van der Waals surface area contributed by atoms with Crippen LogP contribution in [0.1, 0.15) is 226 Å². The Labute approximate surface area is 474 Å². The van der Waals surface area contributed by atoms with Crippen molar-refractivity contribution >= 4 is 11.9 Å². The molecule has 0 aromatic carbocycles. The molecule has 11 heteroatoms. The highest BCUT2D eigenvalue weighted by atomic mass is 16.7. The van der Waals surface area contributed by atoms with Gasteiger partial charge in [-0.2, -0.15) is 0 Å². The zero-order valence-electron chi connectivity index (χ0n) is 49.0. The summed E-state index contributed by atoms with van der Waals surface area (Å²) in [6, 6.07) is -1.07. The molecule has 8 unspecified atom stereocenters. The van der Waals surface area contributed by atoms with Crippen LogP contribution in [-0.4, -0.2) is 99.6 Å². The van der Waals surface area contributed by atoms with Crippen molar-refractivity contribution in [3.05, 3.63) is 122 Å². The van der Waals surface area contributed by atoms with E-state index in [-0.39, 0.29) is 19.4 Å². The van der Waals surface area contributed by atoms with E-state index < -0.39 is 67.4 Å². The van der Waals surface area contributed by atoms with Crippen molar-refractivity contribution in [2.75, 3.05) is 13.2 Å². The lowest BCUT2D eigenvalue weighted by atomic mass is 9.99. The third-order valence-corrected chi connectivity index (χ3v) is 13.7. The molecule has 1 aliphatic heterocycles. The summed E-state index contributed by atoms with van der Waals surface area (Å²) in [7, 11) is 0. The molecule has 0 aliphatic carbocycles. The molecule has 0 aromatic heterocycles. The van der Waals surface area contributed by atoms with E-state index in [0.717, 1.165) is 83.5 Å². The van der Waals surface area contributed by atoms with E-state index >= 15 is 0 Å². The molecule has 8 atom stereocenters. The zero-order chi connectivity index (χ0) is 56.8. The molecule has 11 nitrogen and oxygen atoms in total. The molecule has 1 amide bonds. The lowest BCUT2D eigenvalue weighted by Gasteiger charge is -2.41. The number of nitrogens with one attached hydrogen (secondary N) is 1. The maximum absolute atomic E-state index is 13.3. The van der Waals surface area contributed by atoms with Gasteiger partial charge in [0.15, 0.2) is 12.4 Å². The van der Waals surface area contributed by atoms with E-state index in [0.29, 0.717) is 12.8 Å². The van der Waals surface area contributed by atoms with Crippen molar-refractivity contribution in [2.24, 2.45) is 0 Å². The normalized spacial score (nSPS) is 19.8. The first kappa shape index (κ1) is 72.1. The van der Waals surface area contributed by atoms with Crippen LogP contribution in [0, 0.1) is 0 Å². The topological polar surface area (TPSA) is 175 Å². The molecule has 0 radical (unpaired) electrons. The maximum atomic E-state index is 13.3. The fourth-order valence-electron chi connectivity index (χ4n) is 8.84. The Hall–Kier alpha value is -3.94. The van der Waals surface area contributed by atoms with Gasteiger partial charge in [-0.3, -0.25) is 9.59 Å². The van der Waals surface area contributed by atoms with Crippen molar-refractivity contribution in [3.8, 4) is 0 Å². The summed E-state index contributed by atoms with van der Waals surface area (Å²) in [5, 5.41) is 56.8. The van der Waals surface area contributed by atoms with Gasteiger partial charge in [0, 0.05) is 6.42 Å². The number of esters is 1. The highest BCUT2D eigenvalue weighted by Gasteiger charge is 2.47. The van der Waals surface area contributed by atoms with Crippen LogP contribution in [-0.2, 0) is 23.8 Å². The minimum Gasteiger partial charge on any atom is -0.454 e. The number of amides is 1. The van der Waals surface area contributed by atoms with E-state index in [1.165, 1.54) is 96.3 Å². The summed E-state index contributed by atoms with van der Waals surface area (Å²) in [5.74, 6) is -1.29. The number of hydrogen-bond acceptors (Lipinski definition) is 10. The third-order valence-electron chi connectivity index (χ3n) is 13.7. The van der Waals surface area contributed by atoms with Crippen molar-refractivity contribution in [1.82, 2.24) is 5.32 Å².